The molecule has 0 radical (unpaired) electrons. The molecule has 1 aliphatic rings. The highest BCUT2D eigenvalue weighted by Crippen LogP contribution is 2.43. The zero-order valence-electron chi connectivity index (χ0n) is 13.3. The number of rotatable bonds is 4. The summed E-state index contributed by atoms with van der Waals surface area (Å²) in [6, 6.07) is 9.10. The first-order chi connectivity index (χ1) is 10.1. The van der Waals surface area contributed by atoms with Gasteiger partial charge in [-0.2, -0.15) is 0 Å². The Labute approximate surface area is 131 Å². The average Bonchev–Trinajstić information content (AvgIpc) is 2.99. The molecule has 1 aromatic heterocycles. The lowest BCUT2D eigenvalue weighted by atomic mass is 9.80. The number of benzene rings is 1. The first-order valence-electron chi connectivity index (χ1n) is 7.98. The molecule has 3 rings (SSSR count). The van der Waals surface area contributed by atoms with Gasteiger partial charge in [0.25, 0.3) is 0 Å². The van der Waals surface area contributed by atoms with E-state index in [9.17, 15) is 0 Å². The molecule has 2 heterocycles. The molecular weight excluding hydrogens is 278 g/mol. The van der Waals surface area contributed by atoms with Gasteiger partial charge in [-0.15, -0.1) is 11.3 Å². The summed E-state index contributed by atoms with van der Waals surface area (Å²) in [7, 11) is 0. The Morgan fingerprint density at radius 2 is 1.95 bits per heavy atom. The quantitative estimate of drug-likeness (QED) is 0.890. The Morgan fingerprint density at radius 3 is 2.62 bits per heavy atom. The van der Waals surface area contributed by atoms with Crippen molar-refractivity contribution in [1.29, 1.82) is 0 Å². The molecule has 5 atom stereocenters. The number of ether oxygens (including phenoxy) is 1. The molecule has 114 valence electrons. The molecular formula is C18H25NOS. The van der Waals surface area contributed by atoms with Gasteiger partial charge in [-0.3, -0.25) is 0 Å². The van der Waals surface area contributed by atoms with E-state index in [1.165, 1.54) is 15.6 Å². The third kappa shape index (κ3) is 2.63. The van der Waals surface area contributed by atoms with Crippen LogP contribution >= 0.6 is 11.3 Å². The maximum Gasteiger partial charge on any atom is 0.0600 e. The van der Waals surface area contributed by atoms with E-state index in [1.807, 2.05) is 11.3 Å². The summed E-state index contributed by atoms with van der Waals surface area (Å²) in [5.41, 5.74) is 1.44. The topological polar surface area (TPSA) is 21.3 Å². The molecule has 1 fully saturated rings. The molecule has 2 nitrogen and oxygen atoms in total. The number of hydrogen-bond donors (Lipinski definition) is 1. The van der Waals surface area contributed by atoms with Crippen LogP contribution in [-0.2, 0) is 4.74 Å². The molecule has 2 aromatic rings. The Kier molecular flexibility index (Phi) is 4.34. The minimum atomic E-state index is 0.303. The predicted molar refractivity (Wildman–Crippen MR) is 90.9 cm³/mol. The molecule has 0 spiro atoms. The minimum absolute atomic E-state index is 0.303. The van der Waals surface area contributed by atoms with E-state index >= 15 is 0 Å². The molecule has 1 saturated heterocycles. The zero-order valence-corrected chi connectivity index (χ0v) is 14.1. The highest BCUT2D eigenvalue weighted by atomic mass is 32.1. The van der Waals surface area contributed by atoms with Gasteiger partial charge in [0.05, 0.1) is 12.2 Å². The summed E-state index contributed by atoms with van der Waals surface area (Å²) < 4.78 is 7.46. The van der Waals surface area contributed by atoms with E-state index in [0.717, 1.165) is 6.54 Å². The fourth-order valence-corrected chi connectivity index (χ4v) is 4.78. The van der Waals surface area contributed by atoms with E-state index in [-0.39, 0.29) is 0 Å². The van der Waals surface area contributed by atoms with Crippen molar-refractivity contribution in [3.63, 3.8) is 0 Å². The smallest absolute Gasteiger partial charge is 0.0600 e. The molecule has 1 aromatic carbocycles. The second-order valence-electron chi connectivity index (χ2n) is 6.21. The van der Waals surface area contributed by atoms with E-state index in [0.29, 0.717) is 30.1 Å². The highest BCUT2D eigenvalue weighted by molar-refractivity contribution is 7.17. The number of hydrogen-bond acceptors (Lipinski definition) is 3. The standard InChI is InChI=1S/C18H25NOS/c1-5-19-18(17-11(2)12(3)20-13(17)4)15-10-21-16-9-7-6-8-14(15)16/h6-13,17-19H,5H2,1-4H3. The van der Waals surface area contributed by atoms with Crippen LogP contribution in [0, 0.1) is 11.8 Å². The Balaban J connectivity index is 2.02. The number of nitrogens with one attached hydrogen (secondary N) is 1. The summed E-state index contributed by atoms with van der Waals surface area (Å²) in [6.07, 6.45) is 0.647. The highest BCUT2D eigenvalue weighted by Gasteiger charge is 2.42. The van der Waals surface area contributed by atoms with Crippen molar-refractivity contribution in [2.45, 2.75) is 45.9 Å². The normalized spacial score (nSPS) is 30.9. The van der Waals surface area contributed by atoms with Gasteiger partial charge in [-0.05, 0) is 48.7 Å². The van der Waals surface area contributed by atoms with Crippen LogP contribution in [0.4, 0.5) is 0 Å². The second-order valence-corrected chi connectivity index (χ2v) is 7.12. The van der Waals surface area contributed by atoms with Gasteiger partial charge >= 0.3 is 0 Å². The van der Waals surface area contributed by atoms with E-state index in [1.54, 1.807) is 0 Å². The molecule has 0 bridgehead atoms. The summed E-state index contributed by atoms with van der Waals surface area (Å²) in [6.45, 7) is 9.94. The lowest BCUT2D eigenvalue weighted by Gasteiger charge is -2.29. The van der Waals surface area contributed by atoms with Crippen LogP contribution in [0.3, 0.4) is 0 Å². The monoisotopic (exact) mass is 303 g/mol. The van der Waals surface area contributed by atoms with Crippen molar-refractivity contribution < 1.29 is 4.74 Å². The van der Waals surface area contributed by atoms with Gasteiger partial charge in [-0.25, -0.2) is 0 Å². The summed E-state index contributed by atoms with van der Waals surface area (Å²) in [5.74, 6) is 1.10. The molecule has 1 aliphatic heterocycles. The van der Waals surface area contributed by atoms with Gasteiger partial charge in [0.2, 0.25) is 0 Å². The Hall–Kier alpha value is -0.900. The summed E-state index contributed by atoms with van der Waals surface area (Å²) in [5, 5.41) is 7.46. The van der Waals surface area contributed by atoms with Crippen LogP contribution < -0.4 is 5.32 Å². The van der Waals surface area contributed by atoms with Gasteiger partial charge in [0.15, 0.2) is 0 Å². The largest absolute Gasteiger partial charge is 0.375 e. The number of thiophene rings is 1. The van der Waals surface area contributed by atoms with E-state index in [2.05, 4.69) is 62.7 Å². The molecule has 3 heteroatoms. The van der Waals surface area contributed by atoms with Gasteiger partial charge in [0, 0.05) is 16.7 Å². The van der Waals surface area contributed by atoms with Crippen molar-refractivity contribution >= 4 is 21.4 Å². The Morgan fingerprint density at radius 1 is 1.19 bits per heavy atom. The van der Waals surface area contributed by atoms with E-state index in [4.69, 9.17) is 4.74 Å². The average molecular weight is 303 g/mol. The molecule has 1 N–H and O–H groups in total. The zero-order chi connectivity index (χ0) is 15.0. The van der Waals surface area contributed by atoms with Crippen molar-refractivity contribution in [2.24, 2.45) is 11.8 Å². The van der Waals surface area contributed by atoms with E-state index < -0.39 is 0 Å². The third-order valence-corrected chi connectivity index (χ3v) is 5.96. The van der Waals surface area contributed by atoms with Crippen molar-refractivity contribution in [1.82, 2.24) is 5.32 Å². The van der Waals surface area contributed by atoms with Crippen LogP contribution in [0.25, 0.3) is 10.1 Å². The fraction of sp³-hybridized carbons (Fsp3) is 0.556. The van der Waals surface area contributed by atoms with Gasteiger partial charge in [-0.1, -0.05) is 32.0 Å². The lowest BCUT2D eigenvalue weighted by molar-refractivity contribution is 0.0476. The second kappa shape index (κ2) is 6.07. The fourth-order valence-electron chi connectivity index (χ4n) is 3.78. The molecule has 0 saturated carbocycles. The first-order valence-corrected chi connectivity index (χ1v) is 8.86. The minimum Gasteiger partial charge on any atom is -0.375 e. The van der Waals surface area contributed by atoms with Crippen LogP contribution in [0.15, 0.2) is 29.6 Å². The maximum absolute atomic E-state index is 6.09. The van der Waals surface area contributed by atoms with Gasteiger partial charge in [0.1, 0.15) is 0 Å². The SMILES string of the molecule is CCNC(c1csc2ccccc12)C1C(C)OC(C)C1C. The molecule has 0 aliphatic carbocycles. The lowest BCUT2D eigenvalue weighted by Crippen LogP contribution is -2.34. The molecule has 21 heavy (non-hydrogen) atoms. The third-order valence-electron chi connectivity index (χ3n) is 4.97. The summed E-state index contributed by atoms with van der Waals surface area (Å²) >= 11 is 1.85. The van der Waals surface area contributed by atoms with Crippen LogP contribution in [0.5, 0.6) is 0 Å². The first kappa shape index (κ1) is 15.0. The number of fused-ring (bicyclic) bond motifs is 1. The predicted octanol–water partition coefficient (Wildman–Crippen LogP) is 4.61. The van der Waals surface area contributed by atoms with Gasteiger partial charge < -0.3 is 10.1 Å². The van der Waals surface area contributed by atoms with Crippen molar-refractivity contribution in [3.8, 4) is 0 Å². The van der Waals surface area contributed by atoms with Crippen LogP contribution in [0.2, 0.25) is 0 Å². The maximum atomic E-state index is 6.09. The summed E-state index contributed by atoms with van der Waals surface area (Å²) in [4.78, 5) is 0. The Bertz CT molecular complexity index is 608. The molecule has 0 amide bonds. The molecule has 5 unspecified atom stereocenters. The van der Waals surface area contributed by atoms with Crippen molar-refractivity contribution in [3.05, 3.63) is 35.2 Å². The van der Waals surface area contributed by atoms with Crippen LogP contribution in [-0.4, -0.2) is 18.8 Å². The van der Waals surface area contributed by atoms with Crippen LogP contribution in [0.1, 0.15) is 39.3 Å². The van der Waals surface area contributed by atoms with Crippen molar-refractivity contribution in [2.75, 3.05) is 6.54 Å².